The van der Waals surface area contributed by atoms with Crippen LogP contribution in [-0.2, 0) is 19.5 Å². The van der Waals surface area contributed by atoms with E-state index in [-0.39, 0.29) is 19.5 Å². The summed E-state index contributed by atoms with van der Waals surface area (Å²) in [4.78, 5) is 0. The molecule has 0 N–H and O–H groups in total. The Morgan fingerprint density at radius 2 is 1.40 bits per heavy atom. The molecule has 0 bridgehead atoms. The molecule has 0 unspecified atom stereocenters. The Morgan fingerprint density at radius 3 is 1.40 bits per heavy atom. The van der Waals surface area contributed by atoms with Gasteiger partial charge in [-0.05, 0) is 13.8 Å². The van der Waals surface area contributed by atoms with Crippen LogP contribution in [0.1, 0.15) is 13.8 Å². The van der Waals surface area contributed by atoms with Gasteiger partial charge >= 0.3 is 0 Å². The van der Waals surface area contributed by atoms with Crippen LogP contribution in [0.3, 0.4) is 0 Å². The van der Waals surface area contributed by atoms with E-state index in [1.165, 1.54) is 5.57 Å². The van der Waals surface area contributed by atoms with Gasteiger partial charge in [0.25, 0.3) is 0 Å². The zero-order valence-corrected chi connectivity index (χ0v) is 5.30. The van der Waals surface area contributed by atoms with E-state index >= 15 is 0 Å². The van der Waals surface area contributed by atoms with Crippen LogP contribution in [0.15, 0.2) is 12.2 Å². The molecule has 0 aliphatic carbocycles. The maximum atomic E-state index is 3.56. The van der Waals surface area contributed by atoms with Crippen LogP contribution in [0.4, 0.5) is 0 Å². The van der Waals surface area contributed by atoms with Crippen molar-refractivity contribution in [1.29, 1.82) is 0 Å². The number of rotatable bonds is 0. The van der Waals surface area contributed by atoms with Gasteiger partial charge in [0.1, 0.15) is 0 Å². The summed E-state index contributed by atoms with van der Waals surface area (Å²) in [5.41, 5.74) is 1.17. The second kappa shape index (κ2) is 4.36. The van der Waals surface area contributed by atoms with Gasteiger partial charge in [0.05, 0.1) is 0 Å². The molecule has 5 heavy (non-hydrogen) atoms. The summed E-state index contributed by atoms with van der Waals surface area (Å²) in [6, 6.07) is 0. The molecule has 0 aromatic carbocycles. The van der Waals surface area contributed by atoms with Crippen molar-refractivity contribution in [2.45, 2.75) is 13.8 Å². The predicted octanol–water partition coefficient (Wildman–Crippen LogP) is 1.58. The molecule has 0 heterocycles. The van der Waals surface area contributed by atoms with E-state index < -0.39 is 0 Å². The molecule has 0 aliphatic heterocycles. The van der Waals surface area contributed by atoms with Gasteiger partial charge < -0.3 is 0 Å². The molecule has 0 fully saturated rings. The minimum absolute atomic E-state index is 0. The maximum Gasteiger partial charge on any atom is 0 e. The largest absolute Gasteiger partial charge is 0.100 e. The molecule has 0 saturated heterocycles. The Hall–Kier alpha value is 0.363. The molecule has 0 amide bonds. The van der Waals surface area contributed by atoms with E-state index in [1.54, 1.807) is 0 Å². The van der Waals surface area contributed by atoms with Crippen LogP contribution < -0.4 is 0 Å². The van der Waals surface area contributed by atoms with Crippen molar-refractivity contribution in [1.82, 2.24) is 0 Å². The Labute approximate surface area is 46.0 Å². The zero-order chi connectivity index (χ0) is 3.58. The third-order valence-electron chi connectivity index (χ3n) is 0. The summed E-state index contributed by atoms with van der Waals surface area (Å²) in [6.07, 6.45) is 0. The third kappa shape index (κ3) is 185. The Morgan fingerprint density at radius 1 is 1.40 bits per heavy atom. The van der Waals surface area contributed by atoms with Gasteiger partial charge in [0.2, 0.25) is 0 Å². The fraction of sp³-hybridized carbons (Fsp3) is 0.500. The molecule has 0 spiro atoms. The van der Waals surface area contributed by atoms with E-state index in [4.69, 9.17) is 0 Å². The van der Waals surface area contributed by atoms with E-state index in [1.807, 2.05) is 13.8 Å². The first-order valence-electron chi connectivity index (χ1n) is 1.35. The van der Waals surface area contributed by atoms with Crippen LogP contribution >= 0.6 is 0 Å². The Balaban J connectivity index is 0. The SMILES string of the molecule is C=C(C)C.[Ru]. The van der Waals surface area contributed by atoms with Gasteiger partial charge in [-0.25, -0.2) is 0 Å². The van der Waals surface area contributed by atoms with Crippen molar-refractivity contribution >= 4 is 0 Å². The van der Waals surface area contributed by atoms with Crippen LogP contribution in [0, 0.1) is 0 Å². The fourth-order valence-corrected chi connectivity index (χ4v) is 0. The molecule has 0 atom stereocenters. The fourth-order valence-electron chi connectivity index (χ4n) is 0. The summed E-state index contributed by atoms with van der Waals surface area (Å²) in [5.74, 6) is 0. The molecular formula is C4H8Ru. The standard InChI is InChI=1S/C4H8.Ru/c1-4(2)3;/h1H2,2-3H3;. The number of hydrogen-bond acceptors (Lipinski definition) is 0. The van der Waals surface area contributed by atoms with Gasteiger partial charge in [-0.2, -0.15) is 0 Å². The quantitative estimate of drug-likeness (QED) is 0.370. The molecular weight excluding hydrogens is 149 g/mol. The summed E-state index contributed by atoms with van der Waals surface area (Å²) in [5, 5.41) is 0. The van der Waals surface area contributed by atoms with E-state index in [0.29, 0.717) is 0 Å². The maximum absolute atomic E-state index is 3.56. The molecule has 0 saturated carbocycles. The number of hydrogen-bond donors (Lipinski definition) is 0. The van der Waals surface area contributed by atoms with Gasteiger partial charge in [-0.3, -0.25) is 0 Å². The summed E-state index contributed by atoms with van der Waals surface area (Å²) in [7, 11) is 0. The normalized spacial score (nSPS) is 5.20. The van der Waals surface area contributed by atoms with Crippen molar-refractivity contribution in [2.75, 3.05) is 0 Å². The average Bonchev–Trinajstić information content (AvgIpc) is 0.811. The van der Waals surface area contributed by atoms with E-state index in [9.17, 15) is 0 Å². The molecule has 32 valence electrons. The Bertz CT molecular complexity index is 26.6. The zero-order valence-electron chi connectivity index (χ0n) is 3.56. The molecule has 1 heteroatoms. The van der Waals surface area contributed by atoms with Gasteiger partial charge in [-0.15, -0.1) is 6.58 Å². The molecule has 0 nitrogen and oxygen atoms in total. The first kappa shape index (κ1) is 9.03. The summed E-state index contributed by atoms with van der Waals surface area (Å²) < 4.78 is 0. The van der Waals surface area contributed by atoms with Gasteiger partial charge in [0, 0.05) is 19.5 Å². The van der Waals surface area contributed by atoms with Crippen molar-refractivity contribution in [3.8, 4) is 0 Å². The minimum Gasteiger partial charge on any atom is -0.100 e. The monoisotopic (exact) mass is 158 g/mol. The van der Waals surface area contributed by atoms with Crippen molar-refractivity contribution in [3.63, 3.8) is 0 Å². The molecule has 0 aromatic rings. The van der Waals surface area contributed by atoms with Gasteiger partial charge in [0.15, 0.2) is 0 Å². The summed E-state index contributed by atoms with van der Waals surface area (Å²) in [6.45, 7) is 7.50. The topological polar surface area (TPSA) is 0 Å². The van der Waals surface area contributed by atoms with E-state index in [0.717, 1.165) is 0 Å². The Kier molecular flexibility index (Phi) is 7.88. The van der Waals surface area contributed by atoms with E-state index in [2.05, 4.69) is 6.58 Å². The molecule has 0 aliphatic rings. The average molecular weight is 157 g/mol. The van der Waals surface area contributed by atoms with Crippen LogP contribution in [0.5, 0.6) is 0 Å². The minimum atomic E-state index is 0. The molecule has 0 aromatic heterocycles. The smallest absolute Gasteiger partial charge is 0 e. The van der Waals surface area contributed by atoms with Gasteiger partial charge in [-0.1, -0.05) is 5.57 Å². The van der Waals surface area contributed by atoms with Crippen molar-refractivity contribution in [2.24, 2.45) is 0 Å². The van der Waals surface area contributed by atoms with Crippen molar-refractivity contribution < 1.29 is 19.5 Å². The molecule has 0 rings (SSSR count). The summed E-state index contributed by atoms with van der Waals surface area (Å²) >= 11 is 0. The van der Waals surface area contributed by atoms with Crippen molar-refractivity contribution in [3.05, 3.63) is 12.2 Å². The van der Waals surface area contributed by atoms with Crippen LogP contribution in [0.2, 0.25) is 0 Å². The van der Waals surface area contributed by atoms with Crippen LogP contribution in [-0.4, -0.2) is 0 Å². The predicted molar refractivity (Wildman–Crippen MR) is 20.5 cm³/mol. The number of allylic oxidation sites excluding steroid dienone is 1. The first-order chi connectivity index (χ1) is 1.73. The third-order valence-corrected chi connectivity index (χ3v) is 0. The molecule has 0 radical (unpaired) electrons. The van der Waals surface area contributed by atoms with Crippen LogP contribution in [0.25, 0.3) is 0 Å². The second-order valence-electron chi connectivity index (χ2n) is 1.21. The first-order valence-corrected chi connectivity index (χ1v) is 1.35. The second-order valence-corrected chi connectivity index (χ2v) is 1.21.